The van der Waals surface area contributed by atoms with E-state index in [1.807, 2.05) is 0 Å². The van der Waals surface area contributed by atoms with Crippen LogP contribution in [0.1, 0.15) is 13.3 Å². The number of nitrogens with one attached hydrogen (secondary N) is 1. The first kappa shape index (κ1) is 13.9. The van der Waals surface area contributed by atoms with E-state index in [1.54, 1.807) is 18.9 Å². The Labute approximate surface area is 101 Å². The monoisotopic (exact) mass is 243 g/mol. The van der Waals surface area contributed by atoms with Crippen LogP contribution in [0.25, 0.3) is 0 Å². The third kappa shape index (κ3) is 3.67. The Morgan fingerprint density at radius 3 is 2.76 bits per heavy atom. The van der Waals surface area contributed by atoms with Gasteiger partial charge in [-0.25, -0.2) is 0 Å². The number of ether oxygens (including phenoxy) is 1. The molecule has 1 unspecified atom stereocenters. The lowest BCUT2D eigenvalue weighted by Crippen LogP contribution is -2.41. The number of likely N-dealkylation sites (tertiary alicyclic amines) is 1. The van der Waals surface area contributed by atoms with Crippen LogP contribution >= 0.6 is 0 Å². The number of primary amides is 1. The molecular formula is C11H21N3O3. The van der Waals surface area contributed by atoms with Gasteiger partial charge in [0.2, 0.25) is 11.8 Å². The molecule has 0 aromatic carbocycles. The molecule has 98 valence electrons. The minimum absolute atomic E-state index is 0.00563. The summed E-state index contributed by atoms with van der Waals surface area (Å²) in [6.45, 7) is 4.33. The average molecular weight is 243 g/mol. The van der Waals surface area contributed by atoms with Crippen LogP contribution in [0.3, 0.4) is 0 Å². The van der Waals surface area contributed by atoms with Crippen LogP contribution < -0.4 is 11.1 Å². The molecule has 2 amide bonds. The standard InChI is InChI=1S/C11H21N3O3/c1-11(10(12)16)3-5-14(8-11)9(15)7-13-4-6-17-2/h13H,3-8H2,1-2H3,(H2,12,16). The summed E-state index contributed by atoms with van der Waals surface area (Å²) in [4.78, 5) is 24.7. The zero-order chi connectivity index (χ0) is 12.9. The van der Waals surface area contributed by atoms with Crippen molar-refractivity contribution >= 4 is 11.8 Å². The van der Waals surface area contributed by atoms with Gasteiger partial charge >= 0.3 is 0 Å². The van der Waals surface area contributed by atoms with Gasteiger partial charge in [0.15, 0.2) is 0 Å². The van der Waals surface area contributed by atoms with Gasteiger partial charge < -0.3 is 20.7 Å². The van der Waals surface area contributed by atoms with Gasteiger partial charge in [-0.05, 0) is 13.3 Å². The molecule has 0 bridgehead atoms. The molecule has 0 aliphatic carbocycles. The predicted octanol–water partition coefficient (Wildman–Crippen LogP) is -1.05. The Morgan fingerprint density at radius 2 is 2.24 bits per heavy atom. The van der Waals surface area contributed by atoms with Gasteiger partial charge in [-0.15, -0.1) is 0 Å². The summed E-state index contributed by atoms with van der Waals surface area (Å²) in [7, 11) is 1.61. The van der Waals surface area contributed by atoms with E-state index < -0.39 is 5.41 Å². The normalized spacial score (nSPS) is 24.0. The van der Waals surface area contributed by atoms with E-state index in [4.69, 9.17) is 10.5 Å². The number of nitrogens with two attached hydrogens (primary N) is 1. The van der Waals surface area contributed by atoms with Crippen LogP contribution in [0.2, 0.25) is 0 Å². The fourth-order valence-corrected chi connectivity index (χ4v) is 1.86. The number of carbonyl (C=O) groups excluding carboxylic acids is 2. The first-order chi connectivity index (χ1) is 7.99. The van der Waals surface area contributed by atoms with E-state index in [2.05, 4.69) is 5.32 Å². The molecule has 0 aromatic heterocycles. The van der Waals surface area contributed by atoms with Crippen molar-refractivity contribution in [3.63, 3.8) is 0 Å². The summed E-state index contributed by atoms with van der Waals surface area (Å²) in [6.07, 6.45) is 0.645. The molecule has 1 aliphatic rings. The zero-order valence-corrected chi connectivity index (χ0v) is 10.5. The Kier molecular flexibility index (Phi) is 4.89. The smallest absolute Gasteiger partial charge is 0.236 e. The summed E-state index contributed by atoms with van der Waals surface area (Å²) in [5, 5.41) is 2.99. The van der Waals surface area contributed by atoms with Crippen LogP contribution in [0.5, 0.6) is 0 Å². The van der Waals surface area contributed by atoms with E-state index in [-0.39, 0.29) is 18.4 Å². The number of carbonyl (C=O) groups is 2. The van der Waals surface area contributed by atoms with Crippen molar-refractivity contribution in [2.45, 2.75) is 13.3 Å². The molecule has 0 aromatic rings. The van der Waals surface area contributed by atoms with Crippen molar-refractivity contribution in [3.8, 4) is 0 Å². The molecule has 0 radical (unpaired) electrons. The van der Waals surface area contributed by atoms with Crippen molar-refractivity contribution in [2.75, 3.05) is 39.9 Å². The molecule has 3 N–H and O–H groups in total. The van der Waals surface area contributed by atoms with Crippen LogP contribution in [0.4, 0.5) is 0 Å². The Morgan fingerprint density at radius 1 is 1.53 bits per heavy atom. The summed E-state index contributed by atoms with van der Waals surface area (Å²) in [5.41, 5.74) is 4.76. The number of hydrogen-bond donors (Lipinski definition) is 2. The van der Waals surface area contributed by atoms with E-state index in [0.717, 1.165) is 0 Å². The van der Waals surface area contributed by atoms with Crippen LogP contribution in [0.15, 0.2) is 0 Å². The minimum atomic E-state index is -0.567. The van der Waals surface area contributed by atoms with E-state index >= 15 is 0 Å². The number of nitrogens with zero attached hydrogens (tertiary/aromatic N) is 1. The van der Waals surface area contributed by atoms with Gasteiger partial charge in [0, 0.05) is 26.7 Å². The largest absolute Gasteiger partial charge is 0.383 e. The topological polar surface area (TPSA) is 84.7 Å². The van der Waals surface area contributed by atoms with E-state index in [0.29, 0.717) is 32.7 Å². The number of hydrogen-bond acceptors (Lipinski definition) is 4. The third-order valence-electron chi connectivity index (χ3n) is 3.18. The number of amides is 2. The van der Waals surface area contributed by atoms with Gasteiger partial charge in [-0.3, -0.25) is 9.59 Å². The molecule has 1 heterocycles. The molecule has 1 rings (SSSR count). The Balaban J connectivity index is 2.33. The van der Waals surface area contributed by atoms with Gasteiger partial charge in [-0.2, -0.15) is 0 Å². The van der Waals surface area contributed by atoms with Gasteiger partial charge in [0.05, 0.1) is 18.6 Å². The summed E-state index contributed by atoms with van der Waals surface area (Å²) in [6, 6.07) is 0. The maximum atomic E-state index is 11.8. The molecule has 0 spiro atoms. The maximum Gasteiger partial charge on any atom is 0.236 e. The Bertz CT molecular complexity index is 296. The second-order valence-electron chi connectivity index (χ2n) is 4.66. The predicted molar refractivity (Wildman–Crippen MR) is 63.2 cm³/mol. The van der Waals surface area contributed by atoms with Crippen LogP contribution in [-0.4, -0.2) is 56.6 Å². The number of rotatable bonds is 6. The van der Waals surface area contributed by atoms with E-state index in [9.17, 15) is 9.59 Å². The summed E-state index contributed by atoms with van der Waals surface area (Å²) >= 11 is 0. The van der Waals surface area contributed by atoms with Gasteiger partial charge in [0.25, 0.3) is 0 Å². The second-order valence-corrected chi connectivity index (χ2v) is 4.66. The van der Waals surface area contributed by atoms with Crippen molar-refractivity contribution in [1.82, 2.24) is 10.2 Å². The lowest BCUT2D eigenvalue weighted by Gasteiger charge is -2.21. The second kappa shape index (κ2) is 5.97. The SMILES string of the molecule is COCCNCC(=O)N1CCC(C)(C(N)=O)C1. The number of methoxy groups -OCH3 is 1. The molecule has 17 heavy (non-hydrogen) atoms. The fourth-order valence-electron chi connectivity index (χ4n) is 1.86. The van der Waals surface area contributed by atoms with Gasteiger partial charge in [-0.1, -0.05) is 0 Å². The summed E-state index contributed by atoms with van der Waals surface area (Å²) in [5.74, 6) is -0.328. The fraction of sp³-hybridized carbons (Fsp3) is 0.818. The highest BCUT2D eigenvalue weighted by Crippen LogP contribution is 2.29. The van der Waals surface area contributed by atoms with E-state index in [1.165, 1.54) is 0 Å². The quantitative estimate of drug-likeness (QED) is 0.583. The summed E-state index contributed by atoms with van der Waals surface area (Å²) < 4.78 is 4.87. The average Bonchev–Trinajstić information content (AvgIpc) is 2.69. The molecule has 1 atom stereocenters. The van der Waals surface area contributed by atoms with Crippen molar-refractivity contribution < 1.29 is 14.3 Å². The molecule has 1 saturated heterocycles. The molecule has 6 nitrogen and oxygen atoms in total. The maximum absolute atomic E-state index is 11.8. The third-order valence-corrected chi connectivity index (χ3v) is 3.18. The first-order valence-electron chi connectivity index (χ1n) is 5.77. The molecule has 0 saturated carbocycles. The van der Waals surface area contributed by atoms with Crippen molar-refractivity contribution in [2.24, 2.45) is 11.1 Å². The van der Waals surface area contributed by atoms with Crippen molar-refractivity contribution in [1.29, 1.82) is 0 Å². The molecular weight excluding hydrogens is 222 g/mol. The highest BCUT2D eigenvalue weighted by Gasteiger charge is 2.40. The highest BCUT2D eigenvalue weighted by molar-refractivity contribution is 5.84. The molecule has 1 aliphatic heterocycles. The molecule has 1 fully saturated rings. The highest BCUT2D eigenvalue weighted by atomic mass is 16.5. The Hall–Kier alpha value is -1.14. The van der Waals surface area contributed by atoms with Gasteiger partial charge in [0.1, 0.15) is 0 Å². The van der Waals surface area contributed by atoms with Crippen LogP contribution in [0, 0.1) is 5.41 Å². The molecule has 6 heteroatoms. The van der Waals surface area contributed by atoms with Crippen molar-refractivity contribution in [3.05, 3.63) is 0 Å². The van der Waals surface area contributed by atoms with Crippen LogP contribution in [-0.2, 0) is 14.3 Å². The lowest BCUT2D eigenvalue weighted by atomic mass is 9.89. The minimum Gasteiger partial charge on any atom is -0.383 e. The lowest BCUT2D eigenvalue weighted by molar-refractivity contribution is -0.130. The first-order valence-corrected chi connectivity index (χ1v) is 5.77. The zero-order valence-electron chi connectivity index (χ0n) is 10.5.